The van der Waals surface area contributed by atoms with Gasteiger partial charge in [-0.1, -0.05) is 12.1 Å². The minimum absolute atomic E-state index is 0.0565. The van der Waals surface area contributed by atoms with E-state index in [4.69, 9.17) is 4.74 Å². The standard InChI is InChI=1S/C20H25NO4S/c1-14(2)21(17-8-10-18(11-9-17)26(5,23)24)20(22)13-16-7-6-15(3)19(12-16)25-4/h6-12,14H,13H2,1-5H3. The van der Waals surface area contributed by atoms with E-state index in [9.17, 15) is 13.2 Å². The molecule has 26 heavy (non-hydrogen) atoms. The third kappa shape index (κ3) is 4.64. The van der Waals surface area contributed by atoms with Gasteiger partial charge in [0.25, 0.3) is 0 Å². The average Bonchev–Trinajstić information content (AvgIpc) is 2.56. The summed E-state index contributed by atoms with van der Waals surface area (Å²) in [6, 6.07) is 12.1. The number of ether oxygens (including phenoxy) is 1. The van der Waals surface area contributed by atoms with Gasteiger partial charge >= 0.3 is 0 Å². The molecule has 6 heteroatoms. The number of hydrogen-bond acceptors (Lipinski definition) is 4. The van der Waals surface area contributed by atoms with Crippen molar-refractivity contribution in [3.63, 3.8) is 0 Å². The fourth-order valence-electron chi connectivity index (χ4n) is 2.82. The lowest BCUT2D eigenvalue weighted by Crippen LogP contribution is -2.38. The Bertz CT molecular complexity index is 887. The maximum absolute atomic E-state index is 12.9. The van der Waals surface area contributed by atoms with Crippen LogP contribution in [-0.4, -0.2) is 33.7 Å². The van der Waals surface area contributed by atoms with Gasteiger partial charge in [0.15, 0.2) is 9.84 Å². The molecular formula is C20H25NO4S. The molecule has 0 spiro atoms. The van der Waals surface area contributed by atoms with E-state index in [1.54, 1.807) is 24.1 Å². The van der Waals surface area contributed by atoms with E-state index in [1.165, 1.54) is 12.1 Å². The summed E-state index contributed by atoms with van der Waals surface area (Å²) in [5.41, 5.74) is 2.56. The molecule has 1 amide bonds. The van der Waals surface area contributed by atoms with Crippen molar-refractivity contribution in [2.75, 3.05) is 18.3 Å². The molecule has 2 aromatic rings. The van der Waals surface area contributed by atoms with Gasteiger partial charge < -0.3 is 9.64 Å². The first-order valence-electron chi connectivity index (χ1n) is 8.39. The quantitative estimate of drug-likeness (QED) is 0.776. The van der Waals surface area contributed by atoms with E-state index in [0.717, 1.165) is 23.1 Å². The number of carbonyl (C=O) groups excluding carboxylic acids is 1. The number of benzene rings is 2. The Morgan fingerprint density at radius 1 is 1.12 bits per heavy atom. The molecule has 0 aliphatic heterocycles. The van der Waals surface area contributed by atoms with Gasteiger partial charge in [-0.3, -0.25) is 4.79 Å². The highest BCUT2D eigenvalue weighted by Gasteiger charge is 2.20. The Balaban J connectivity index is 2.28. The lowest BCUT2D eigenvalue weighted by molar-refractivity contribution is -0.118. The SMILES string of the molecule is COc1cc(CC(=O)N(c2ccc(S(C)(=O)=O)cc2)C(C)C)ccc1C. The number of anilines is 1. The lowest BCUT2D eigenvalue weighted by Gasteiger charge is -2.27. The molecule has 0 heterocycles. The van der Waals surface area contributed by atoms with Crippen molar-refractivity contribution in [1.82, 2.24) is 0 Å². The Labute approximate surface area is 155 Å². The number of nitrogens with zero attached hydrogens (tertiary/aromatic N) is 1. The largest absolute Gasteiger partial charge is 0.496 e. The normalized spacial score (nSPS) is 11.5. The van der Waals surface area contributed by atoms with Crippen molar-refractivity contribution >= 4 is 21.4 Å². The topological polar surface area (TPSA) is 63.7 Å². The third-order valence-electron chi connectivity index (χ3n) is 4.16. The smallest absolute Gasteiger partial charge is 0.231 e. The van der Waals surface area contributed by atoms with Gasteiger partial charge in [-0.25, -0.2) is 8.42 Å². The van der Waals surface area contributed by atoms with Crippen LogP contribution in [0.1, 0.15) is 25.0 Å². The first-order chi connectivity index (χ1) is 12.1. The van der Waals surface area contributed by atoms with Crippen molar-refractivity contribution in [3.8, 4) is 5.75 Å². The molecule has 0 aliphatic rings. The van der Waals surface area contributed by atoms with E-state index in [1.807, 2.05) is 39.0 Å². The van der Waals surface area contributed by atoms with Crippen molar-refractivity contribution in [3.05, 3.63) is 53.6 Å². The molecule has 2 rings (SSSR count). The second kappa shape index (κ2) is 7.91. The van der Waals surface area contributed by atoms with Gasteiger partial charge in [0, 0.05) is 18.0 Å². The summed E-state index contributed by atoms with van der Waals surface area (Å²) in [6.07, 6.45) is 1.40. The summed E-state index contributed by atoms with van der Waals surface area (Å²) >= 11 is 0. The minimum atomic E-state index is -3.26. The number of amides is 1. The van der Waals surface area contributed by atoms with Crippen LogP contribution in [0.15, 0.2) is 47.4 Å². The van der Waals surface area contributed by atoms with Crippen LogP contribution in [0.25, 0.3) is 0 Å². The number of carbonyl (C=O) groups is 1. The van der Waals surface area contributed by atoms with Gasteiger partial charge in [0.1, 0.15) is 5.75 Å². The predicted octanol–water partition coefficient (Wildman–Crippen LogP) is 3.39. The number of sulfone groups is 1. The van der Waals surface area contributed by atoms with E-state index >= 15 is 0 Å². The summed E-state index contributed by atoms with van der Waals surface area (Å²) in [5, 5.41) is 0. The number of methoxy groups -OCH3 is 1. The van der Waals surface area contributed by atoms with Gasteiger partial charge in [-0.05, 0) is 62.2 Å². The Morgan fingerprint density at radius 2 is 1.73 bits per heavy atom. The number of rotatable bonds is 6. The van der Waals surface area contributed by atoms with Crippen LogP contribution < -0.4 is 9.64 Å². The first-order valence-corrected chi connectivity index (χ1v) is 10.3. The molecule has 140 valence electrons. The van der Waals surface area contributed by atoms with Gasteiger partial charge in [0.05, 0.1) is 18.4 Å². The zero-order valence-electron chi connectivity index (χ0n) is 15.8. The molecule has 0 aliphatic carbocycles. The van der Waals surface area contributed by atoms with Gasteiger partial charge in [0.2, 0.25) is 5.91 Å². The fraction of sp³-hybridized carbons (Fsp3) is 0.350. The van der Waals surface area contributed by atoms with E-state index in [2.05, 4.69) is 0 Å². The summed E-state index contributed by atoms with van der Waals surface area (Å²) in [5.74, 6) is 0.696. The maximum Gasteiger partial charge on any atom is 0.231 e. The molecule has 0 atom stereocenters. The molecular weight excluding hydrogens is 350 g/mol. The van der Waals surface area contributed by atoms with Crippen LogP contribution in [0.3, 0.4) is 0 Å². The highest BCUT2D eigenvalue weighted by molar-refractivity contribution is 7.90. The molecule has 0 fully saturated rings. The van der Waals surface area contributed by atoms with Crippen molar-refractivity contribution in [1.29, 1.82) is 0 Å². The zero-order valence-corrected chi connectivity index (χ0v) is 16.6. The molecule has 0 bridgehead atoms. The fourth-order valence-corrected chi connectivity index (χ4v) is 3.45. The van der Waals surface area contributed by atoms with Crippen LogP contribution >= 0.6 is 0 Å². The molecule has 0 unspecified atom stereocenters. The van der Waals surface area contributed by atoms with Crippen LogP contribution in [0.5, 0.6) is 5.75 Å². The van der Waals surface area contributed by atoms with Crippen LogP contribution in [0.2, 0.25) is 0 Å². The van der Waals surface area contributed by atoms with E-state index in [-0.39, 0.29) is 23.3 Å². The summed E-state index contributed by atoms with van der Waals surface area (Å²) in [7, 11) is -1.65. The zero-order chi connectivity index (χ0) is 19.5. The highest BCUT2D eigenvalue weighted by atomic mass is 32.2. The molecule has 0 radical (unpaired) electrons. The van der Waals surface area contributed by atoms with E-state index in [0.29, 0.717) is 5.69 Å². The van der Waals surface area contributed by atoms with Gasteiger partial charge in [-0.15, -0.1) is 0 Å². The second-order valence-corrected chi connectivity index (χ2v) is 8.62. The molecule has 0 N–H and O–H groups in total. The van der Waals surface area contributed by atoms with Crippen LogP contribution in [0.4, 0.5) is 5.69 Å². The summed E-state index contributed by atoms with van der Waals surface area (Å²) in [4.78, 5) is 14.8. The van der Waals surface area contributed by atoms with Gasteiger partial charge in [-0.2, -0.15) is 0 Å². The monoisotopic (exact) mass is 375 g/mol. The van der Waals surface area contributed by atoms with E-state index < -0.39 is 9.84 Å². The van der Waals surface area contributed by atoms with Crippen LogP contribution in [-0.2, 0) is 21.1 Å². The summed E-state index contributed by atoms with van der Waals surface area (Å²) < 4.78 is 28.6. The molecule has 2 aromatic carbocycles. The predicted molar refractivity (Wildman–Crippen MR) is 104 cm³/mol. The Hall–Kier alpha value is -2.34. The maximum atomic E-state index is 12.9. The second-order valence-electron chi connectivity index (χ2n) is 6.60. The average molecular weight is 375 g/mol. The molecule has 0 saturated carbocycles. The third-order valence-corrected chi connectivity index (χ3v) is 5.28. The molecule has 5 nitrogen and oxygen atoms in total. The number of aryl methyl sites for hydroxylation is 1. The minimum Gasteiger partial charge on any atom is -0.496 e. The van der Waals surface area contributed by atoms with Crippen molar-refractivity contribution < 1.29 is 17.9 Å². The molecule has 0 aromatic heterocycles. The molecule has 0 saturated heterocycles. The first kappa shape index (κ1) is 20.0. The van der Waals surface area contributed by atoms with Crippen molar-refractivity contribution in [2.24, 2.45) is 0 Å². The van der Waals surface area contributed by atoms with Crippen LogP contribution in [0, 0.1) is 6.92 Å². The lowest BCUT2D eigenvalue weighted by atomic mass is 10.1. The highest BCUT2D eigenvalue weighted by Crippen LogP contribution is 2.23. The Morgan fingerprint density at radius 3 is 2.23 bits per heavy atom. The van der Waals surface area contributed by atoms with Crippen molar-refractivity contribution in [2.45, 2.75) is 38.1 Å². The summed E-state index contributed by atoms with van der Waals surface area (Å²) in [6.45, 7) is 5.81. The Kier molecular flexibility index (Phi) is 6.08. The number of hydrogen-bond donors (Lipinski definition) is 0.